The summed E-state index contributed by atoms with van der Waals surface area (Å²) in [6, 6.07) is 5.60. The smallest absolute Gasteiger partial charge is 0.308 e. The number of carboxylic acid groups (broad SMARTS) is 1. The number of carbonyl (C=O) groups is 1. The number of fused-ring (bicyclic) bond motifs is 2. The quantitative estimate of drug-likeness (QED) is 0.847. The molecule has 2 aliphatic heterocycles. The molecule has 2 fully saturated rings. The second-order valence-electron chi connectivity index (χ2n) is 6.46. The average molecular weight is 308 g/mol. The second-order valence-corrected chi connectivity index (χ2v) is 7.71. The highest BCUT2D eigenvalue weighted by Crippen LogP contribution is 2.37. The highest BCUT2D eigenvalue weighted by Gasteiger charge is 2.37. The molecule has 116 valence electrons. The minimum absolute atomic E-state index is 0.142. The lowest BCUT2D eigenvalue weighted by Gasteiger charge is -2.36. The van der Waals surface area contributed by atoms with Crippen LogP contribution in [0.25, 0.3) is 0 Å². The number of hydrogen-bond acceptors (Lipinski definition) is 4. The first-order valence-electron chi connectivity index (χ1n) is 7.84. The molecule has 2 bridgehead atoms. The lowest BCUT2D eigenvalue weighted by atomic mass is 9.91. The van der Waals surface area contributed by atoms with Crippen LogP contribution >= 0.6 is 11.3 Å². The van der Waals surface area contributed by atoms with Crippen molar-refractivity contribution >= 4 is 17.3 Å². The van der Waals surface area contributed by atoms with Gasteiger partial charge in [0, 0.05) is 28.4 Å². The molecule has 0 radical (unpaired) electrons. The maximum Gasteiger partial charge on any atom is 0.308 e. The number of nitrogens with one attached hydrogen (secondary N) is 1. The van der Waals surface area contributed by atoms with E-state index >= 15 is 0 Å². The second kappa shape index (κ2) is 6.46. The molecule has 3 heterocycles. The van der Waals surface area contributed by atoms with Crippen LogP contribution in [-0.4, -0.2) is 41.7 Å². The van der Waals surface area contributed by atoms with E-state index in [1.165, 1.54) is 30.6 Å². The molecule has 2 saturated heterocycles. The average Bonchev–Trinajstić information content (AvgIpc) is 2.92. The molecule has 2 atom stereocenters. The molecule has 2 unspecified atom stereocenters. The molecule has 2 N–H and O–H groups in total. The van der Waals surface area contributed by atoms with Gasteiger partial charge in [0.05, 0.1) is 6.42 Å². The Morgan fingerprint density at radius 2 is 2.00 bits per heavy atom. The van der Waals surface area contributed by atoms with E-state index < -0.39 is 5.97 Å². The summed E-state index contributed by atoms with van der Waals surface area (Å²) >= 11 is 1.61. The maximum absolute atomic E-state index is 10.7. The van der Waals surface area contributed by atoms with E-state index in [0.717, 1.165) is 36.0 Å². The van der Waals surface area contributed by atoms with Crippen LogP contribution in [0.3, 0.4) is 0 Å². The molecule has 0 aromatic carbocycles. The van der Waals surface area contributed by atoms with Crippen molar-refractivity contribution in [1.29, 1.82) is 0 Å². The minimum atomic E-state index is -0.752. The van der Waals surface area contributed by atoms with Crippen molar-refractivity contribution in [3.05, 3.63) is 21.9 Å². The first-order valence-corrected chi connectivity index (χ1v) is 8.65. The van der Waals surface area contributed by atoms with Crippen LogP contribution in [0.5, 0.6) is 0 Å². The zero-order valence-electron chi connectivity index (χ0n) is 12.5. The first-order chi connectivity index (χ1) is 10.1. The van der Waals surface area contributed by atoms with Crippen LogP contribution in [0.4, 0.5) is 0 Å². The SMILES string of the molecule is CN1C2CCC1CC(CNCc1ccc(CC(=O)O)s1)C2. The van der Waals surface area contributed by atoms with Crippen molar-refractivity contribution in [2.45, 2.75) is 50.7 Å². The third-order valence-electron chi connectivity index (χ3n) is 4.97. The number of nitrogens with zero attached hydrogens (tertiary/aromatic N) is 1. The lowest BCUT2D eigenvalue weighted by Crippen LogP contribution is -2.42. The summed E-state index contributed by atoms with van der Waals surface area (Å²) in [7, 11) is 2.28. The molecular weight excluding hydrogens is 284 g/mol. The van der Waals surface area contributed by atoms with E-state index in [0.29, 0.717) is 0 Å². The van der Waals surface area contributed by atoms with Gasteiger partial charge in [-0.15, -0.1) is 11.3 Å². The van der Waals surface area contributed by atoms with Crippen molar-refractivity contribution in [2.75, 3.05) is 13.6 Å². The van der Waals surface area contributed by atoms with Crippen LogP contribution < -0.4 is 5.32 Å². The summed E-state index contributed by atoms with van der Waals surface area (Å²) in [6.45, 7) is 1.96. The summed E-state index contributed by atoms with van der Waals surface area (Å²) in [4.78, 5) is 15.4. The Hall–Kier alpha value is -0.910. The molecule has 4 nitrogen and oxygen atoms in total. The molecule has 0 aliphatic carbocycles. The van der Waals surface area contributed by atoms with Gasteiger partial charge in [-0.3, -0.25) is 4.79 Å². The topological polar surface area (TPSA) is 52.6 Å². The molecule has 1 aromatic rings. The van der Waals surface area contributed by atoms with Gasteiger partial charge in [-0.2, -0.15) is 0 Å². The number of carboxylic acids is 1. The fourth-order valence-corrected chi connectivity index (χ4v) is 4.83. The predicted octanol–water partition coefficient (Wildman–Crippen LogP) is 2.34. The van der Waals surface area contributed by atoms with Crippen molar-refractivity contribution in [3.63, 3.8) is 0 Å². The van der Waals surface area contributed by atoms with Crippen molar-refractivity contribution < 1.29 is 9.90 Å². The standard InChI is InChI=1S/C16H24N2O2S/c1-18-12-2-3-13(18)7-11(6-12)9-17-10-15-5-4-14(21-15)8-16(19)20/h4-5,11-13,17H,2-3,6-10H2,1H3,(H,19,20). The Labute approximate surface area is 130 Å². The summed E-state index contributed by atoms with van der Waals surface area (Å²) in [5.41, 5.74) is 0. The number of piperidine rings is 1. The fourth-order valence-electron chi connectivity index (χ4n) is 3.85. The predicted molar refractivity (Wildman–Crippen MR) is 84.7 cm³/mol. The van der Waals surface area contributed by atoms with Gasteiger partial charge in [0.25, 0.3) is 0 Å². The van der Waals surface area contributed by atoms with Gasteiger partial charge < -0.3 is 15.3 Å². The Kier molecular flexibility index (Phi) is 4.62. The number of rotatable bonds is 6. The Morgan fingerprint density at radius 3 is 2.67 bits per heavy atom. The van der Waals surface area contributed by atoms with E-state index in [1.54, 1.807) is 11.3 Å². The minimum Gasteiger partial charge on any atom is -0.481 e. The summed E-state index contributed by atoms with van der Waals surface area (Å²) in [5, 5.41) is 12.4. The van der Waals surface area contributed by atoms with Gasteiger partial charge in [-0.1, -0.05) is 0 Å². The van der Waals surface area contributed by atoms with Crippen molar-refractivity contribution in [1.82, 2.24) is 10.2 Å². The molecule has 5 heteroatoms. The van der Waals surface area contributed by atoms with Crippen LogP contribution in [0.1, 0.15) is 35.4 Å². The van der Waals surface area contributed by atoms with Crippen LogP contribution in [-0.2, 0) is 17.8 Å². The van der Waals surface area contributed by atoms with Crippen molar-refractivity contribution in [3.8, 4) is 0 Å². The van der Waals surface area contributed by atoms with Gasteiger partial charge in [0.2, 0.25) is 0 Å². The van der Waals surface area contributed by atoms with Gasteiger partial charge in [0.1, 0.15) is 0 Å². The van der Waals surface area contributed by atoms with Gasteiger partial charge >= 0.3 is 5.97 Å². The van der Waals surface area contributed by atoms with E-state index in [4.69, 9.17) is 5.11 Å². The number of hydrogen-bond donors (Lipinski definition) is 2. The van der Waals surface area contributed by atoms with E-state index in [1.807, 2.05) is 12.1 Å². The Bertz CT molecular complexity index is 488. The van der Waals surface area contributed by atoms with Crippen LogP contribution in [0.15, 0.2) is 12.1 Å². The first kappa shape index (κ1) is 15.0. The van der Waals surface area contributed by atoms with Gasteiger partial charge in [-0.25, -0.2) is 0 Å². The Morgan fingerprint density at radius 1 is 1.33 bits per heavy atom. The Balaban J connectivity index is 1.42. The monoisotopic (exact) mass is 308 g/mol. The number of aliphatic carboxylic acids is 1. The summed E-state index contributed by atoms with van der Waals surface area (Å²) < 4.78 is 0. The molecule has 0 saturated carbocycles. The molecule has 3 rings (SSSR count). The van der Waals surface area contributed by atoms with E-state index in [-0.39, 0.29) is 6.42 Å². The van der Waals surface area contributed by atoms with Gasteiger partial charge in [0.15, 0.2) is 0 Å². The van der Waals surface area contributed by atoms with E-state index in [2.05, 4.69) is 17.3 Å². The normalized spacial score (nSPS) is 28.9. The summed E-state index contributed by atoms with van der Waals surface area (Å²) in [6.07, 6.45) is 5.55. The molecule has 21 heavy (non-hydrogen) atoms. The van der Waals surface area contributed by atoms with E-state index in [9.17, 15) is 4.79 Å². The highest BCUT2D eigenvalue weighted by atomic mass is 32.1. The fraction of sp³-hybridized carbons (Fsp3) is 0.688. The molecule has 1 aromatic heterocycles. The molecule has 0 amide bonds. The van der Waals surface area contributed by atoms with Gasteiger partial charge in [-0.05, 0) is 57.3 Å². The summed E-state index contributed by atoms with van der Waals surface area (Å²) in [5.74, 6) is 0.0512. The molecular formula is C16H24N2O2S. The zero-order valence-corrected chi connectivity index (χ0v) is 13.4. The lowest BCUT2D eigenvalue weighted by molar-refractivity contribution is -0.136. The van der Waals surface area contributed by atoms with Crippen LogP contribution in [0, 0.1) is 5.92 Å². The van der Waals surface area contributed by atoms with Crippen molar-refractivity contribution in [2.24, 2.45) is 5.92 Å². The molecule has 2 aliphatic rings. The number of thiophene rings is 1. The largest absolute Gasteiger partial charge is 0.481 e. The zero-order chi connectivity index (χ0) is 14.8. The maximum atomic E-state index is 10.7. The highest BCUT2D eigenvalue weighted by molar-refractivity contribution is 7.12. The molecule has 0 spiro atoms. The third-order valence-corrected chi connectivity index (χ3v) is 6.06. The van der Waals surface area contributed by atoms with Crippen LogP contribution in [0.2, 0.25) is 0 Å². The third kappa shape index (κ3) is 3.65.